The molecule has 1 aromatic carbocycles. The Morgan fingerprint density at radius 3 is 2.50 bits per heavy atom. The van der Waals surface area contributed by atoms with E-state index in [0.29, 0.717) is 5.56 Å². The first-order valence-electron chi connectivity index (χ1n) is 4.02. The van der Waals surface area contributed by atoms with E-state index in [-0.39, 0.29) is 11.6 Å². The lowest BCUT2D eigenvalue weighted by molar-refractivity contribution is 0.250. The van der Waals surface area contributed by atoms with E-state index in [1.54, 1.807) is 7.05 Å². The van der Waals surface area contributed by atoms with E-state index in [2.05, 4.69) is 5.32 Å². The van der Waals surface area contributed by atoms with Crippen LogP contribution >= 0.6 is 11.6 Å². The largest absolute Gasteiger partial charge is 0.394 e. The first-order valence-corrected chi connectivity index (χ1v) is 4.40. The van der Waals surface area contributed by atoms with Gasteiger partial charge in [0, 0.05) is 5.02 Å². The average Bonchev–Trinajstić information content (AvgIpc) is 2.15. The summed E-state index contributed by atoms with van der Waals surface area (Å²) in [4.78, 5) is 0. The standard InChI is InChI=1S/C9H10ClF2NO/c1-13-9(4-14)5-2-7(11)8(12)3-6(5)10/h2-3,9,13-14H,4H2,1H3/t9-/m1/s1. The summed E-state index contributed by atoms with van der Waals surface area (Å²) in [7, 11) is 1.60. The summed E-state index contributed by atoms with van der Waals surface area (Å²) < 4.78 is 25.5. The average molecular weight is 222 g/mol. The maximum atomic E-state index is 12.8. The molecular weight excluding hydrogens is 212 g/mol. The van der Waals surface area contributed by atoms with Crippen LogP contribution in [0, 0.1) is 11.6 Å². The van der Waals surface area contributed by atoms with E-state index in [0.717, 1.165) is 12.1 Å². The zero-order valence-electron chi connectivity index (χ0n) is 7.52. The van der Waals surface area contributed by atoms with Gasteiger partial charge in [-0.1, -0.05) is 11.6 Å². The van der Waals surface area contributed by atoms with E-state index in [1.165, 1.54) is 0 Å². The molecule has 1 atom stereocenters. The molecule has 0 unspecified atom stereocenters. The number of aliphatic hydroxyl groups is 1. The minimum Gasteiger partial charge on any atom is -0.394 e. The lowest BCUT2D eigenvalue weighted by Gasteiger charge is -2.15. The molecule has 78 valence electrons. The van der Waals surface area contributed by atoms with E-state index in [4.69, 9.17) is 16.7 Å². The third-order valence-corrected chi connectivity index (χ3v) is 2.27. The molecule has 2 N–H and O–H groups in total. The summed E-state index contributed by atoms with van der Waals surface area (Å²) in [5, 5.41) is 11.8. The smallest absolute Gasteiger partial charge is 0.160 e. The fourth-order valence-corrected chi connectivity index (χ4v) is 1.43. The van der Waals surface area contributed by atoms with Gasteiger partial charge in [0.05, 0.1) is 12.6 Å². The molecular formula is C9H10ClF2NO. The highest BCUT2D eigenvalue weighted by Crippen LogP contribution is 2.25. The summed E-state index contributed by atoms with van der Waals surface area (Å²) in [5.74, 6) is -1.97. The lowest BCUT2D eigenvalue weighted by Crippen LogP contribution is -2.20. The van der Waals surface area contributed by atoms with E-state index < -0.39 is 17.7 Å². The molecule has 0 aliphatic carbocycles. The predicted molar refractivity (Wildman–Crippen MR) is 50.3 cm³/mol. The third-order valence-electron chi connectivity index (χ3n) is 1.95. The molecule has 1 aromatic rings. The molecule has 0 saturated carbocycles. The van der Waals surface area contributed by atoms with Crippen LogP contribution in [0.15, 0.2) is 12.1 Å². The van der Waals surface area contributed by atoms with Crippen molar-refractivity contribution < 1.29 is 13.9 Å². The quantitative estimate of drug-likeness (QED) is 0.764. The van der Waals surface area contributed by atoms with Crippen molar-refractivity contribution in [1.82, 2.24) is 5.32 Å². The van der Waals surface area contributed by atoms with Gasteiger partial charge >= 0.3 is 0 Å². The first-order chi connectivity index (χ1) is 6.60. The SMILES string of the molecule is CN[C@H](CO)c1cc(F)c(F)cc1Cl. The second-order valence-corrected chi connectivity index (χ2v) is 3.22. The second kappa shape index (κ2) is 4.68. The van der Waals surface area contributed by atoms with Crippen molar-refractivity contribution >= 4 is 11.6 Å². The number of likely N-dealkylation sites (N-methyl/N-ethyl adjacent to an activating group) is 1. The Kier molecular flexibility index (Phi) is 3.80. The van der Waals surface area contributed by atoms with Crippen molar-refractivity contribution in [3.8, 4) is 0 Å². The summed E-state index contributed by atoms with van der Waals surface area (Å²) >= 11 is 5.70. The zero-order chi connectivity index (χ0) is 10.7. The summed E-state index contributed by atoms with van der Waals surface area (Å²) in [6.07, 6.45) is 0. The van der Waals surface area contributed by atoms with Crippen LogP contribution in [0.3, 0.4) is 0 Å². The van der Waals surface area contributed by atoms with Gasteiger partial charge in [-0.25, -0.2) is 8.78 Å². The summed E-state index contributed by atoms with van der Waals surface area (Å²) in [5.41, 5.74) is 0.343. The van der Waals surface area contributed by atoms with Crippen molar-refractivity contribution in [2.24, 2.45) is 0 Å². The molecule has 0 bridgehead atoms. The Hall–Kier alpha value is -0.710. The Morgan fingerprint density at radius 1 is 1.43 bits per heavy atom. The maximum absolute atomic E-state index is 12.8. The molecule has 0 heterocycles. The number of nitrogens with one attached hydrogen (secondary N) is 1. The minimum atomic E-state index is -0.994. The number of rotatable bonds is 3. The highest BCUT2D eigenvalue weighted by Gasteiger charge is 2.15. The second-order valence-electron chi connectivity index (χ2n) is 2.81. The fraction of sp³-hybridized carbons (Fsp3) is 0.333. The Bertz CT molecular complexity index is 329. The number of hydrogen-bond acceptors (Lipinski definition) is 2. The number of halogens is 3. The Labute approximate surface area is 85.5 Å². The van der Waals surface area contributed by atoms with Crippen molar-refractivity contribution in [2.75, 3.05) is 13.7 Å². The summed E-state index contributed by atoms with van der Waals surface area (Å²) in [6, 6.07) is 1.39. The van der Waals surface area contributed by atoms with Crippen molar-refractivity contribution in [3.63, 3.8) is 0 Å². The number of hydrogen-bond donors (Lipinski definition) is 2. The first kappa shape index (κ1) is 11.4. The lowest BCUT2D eigenvalue weighted by atomic mass is 10.1. The molecule has 14 heavy (non-hydrogen) atoms. The van der Waals surface area contributed by atoms with E-state index >= 15 is 0 Å². The van der Waals surface area contributed by atoms with Gasteiger partial charge in [-0.2, -0.15) is 0 Å². The van der Waals surface area contributed by atoms with Crippen LogP contribution in [0.25, 0.3) is 0 Å². The van der Waals surface area contributed by atoms with Gasteiger partial charge < -0.3 is 10.4 Å². The third kappa shape index (κ3) is 2.20. The maximum Gasteiger partial charge on any atom is 0.160 e. The van der Waals surface area contributed by atoms with Crippen LogP contribution < -0.4 is 5.32 Å². The van der Waals surface area contributed by atoms with E-state index in [9.17, 15) is 8.78 Å². The molecule has 1 rings (SSSR count). The van der Waals surface area contributed by atoms with Crippen LogP contribution in [-0.2, 0) is 0 Å². The number of aliphatic hydroxyl groups excluding tert-OH is 1. The van der Waals surface area contributed by atoms with Gasteiger partial charge in [0.1, 0.15) is 0 Å². The highest BCUT2D eigenvalue weighted by atomic mass is 35.5. The molecule has 0 radical (unpaired) electrons. The highest BCUT2D eigenvalue weighted by molar-refractivity contribution is 6.31. The van der Waals surface area contributed by atoms with Crippen LogP contribution in [-0.4, -0.2) is 18.8 Å². The molecule has 0 fully saturated rings. The van der Waals surface area contributed by atoms with Gasteiger partial charge in [-0.3, -0.25) is 0 Å². The van der Waals surface area contributed by atoms with Gasteiger partial charge in [-0.05, 0) is 24.7 Å². The molecule has 0 aliphatic heterocycles. The summed E-state index contributed by atoms with van der Waals surface area (Å²) in [6.45, 7) is -0.235. The van der Waals surface area contributed by atoms with Crippen molar-refractivity contribution in [2.45, 2.75) is 6.04 Å². The topological polar surface area (TPSA) is 32.3 Å². The monoisotopic (exact) mass is 221 g/mol. The Morgan fingerprint density at radius 2 is 2.00 bits per heavy atom. The molecule has 0 amide bonds. The fourth-order valence-electron chi connectivity index (χ4n) is 1.15. The molecule has 0 saturated heterocycles. The predicted octanol–water partition coefficient (Wildman–Crippen LogP) is 1.87. The molecule has 0 spiro atoms. The zero-order valence-corrected chi connectivity index (χ0v) is 8.28. The molecule has 0 aromatic heterocycles. The van der Waals surface area contributed by atoms with Crippen LogP contribution in [0.1, 0.15) is 11.6 Å². The van der Waals surface area contributed by atoms with Gasteiger partial charge in [0.15, 0.2) is 11.6 Å². The van der Waals surface area contributed by atoms with Gasteiger partial charge in [0.2, 0.25) is 0 Å². The van der Waals surface area contributed by atoms with E-state index in [1.807, 2.05) is 0 Å². The van der Waals surface area contributed by atoms with Crippen LogP contribution in [0.2, 0.25) is 5.02 Å². The molecule has 2 nitrogen and oxygen atoms in total. The normalized spacial score (nSPS) is 12.9. The number of benzene rings is 1. The van der Waals surface area contributed by atoms with Crippen molar-refractivity contribution in [3.05, 3.63) is 34.4 Å². The molecule has 0 aliphatic rings. The van der Waals surface area contributed by atoms with Gasteiger partial charge in [0.25, 0.3) is 0 Å². The van der Waals surface area contributed by atoms with Crippen LogP contribution in [0.5, 0.6) is 0 Å². The van der Waals surface area contributed by atoms with Crippen LogP contribution in [0.4, 0.5) is 8.78 Å². The van der Waals surface area contributed by atoms with Crippen molar-refractivity contribution in [1.29, 1.82) is 0 Å². The Balaban J connectivity index is 3.14. The molecule has 5 heteroatoms. The van der Waals surface area contributed by atoms with Gasteiger partial charge in [-0.15, -0.1) is 0 Å². The minimum absolute atomic E-state index is 0.0947.